The first-order valence-electron chi connectivity index (χ1n) is 10.6. The van der Waals surface area contributed by atoms with Crippen LogP contribution in [0.3, 0.4) is 0 Å². The van der Waals surface area contributed by atoms with Gasteiger partial charge in [0.15, 0.2) is 29.6 Å². The summed E-state index contributed by atoms with van der Waals surface area (Å²) in [4.78, 5) is 26.7. The maximum absolute atomic E-state index is 12.5. The number of methoxy groups -OCH3 is 3. The highest BCUT2D eigenvalue weighted by Crippen LogP contribution is 2.28. The molecule has 1 fully saturated rings. The van der Waals surface area contributed by atoms with Crippen LogP contribution in [0.4, 0.5) is 0 Å². The summed E-state index contributed by atoms with van der Waals surface area (Å²) in [6.07, 6.45) is 1.67. The summed E-state index contributed by atoms with van der Waals surface area (Å²) in [6, 6.07) is 12.7. The number of nitrogens with one attached hydrogen (secondary N) is 1. The van der Waals surface area contributed by atoms with Crippen molar-refractivity contribution in [3.8, 4) is 23.0 Å². The minimum Gasteiger partial charge on any atom is -0.493 e. The van der Waals surface area contributed by atoms with Gasteiger partial charge in [-0.1, -0.05) is 18.2 Å². The van der Waals surface area contributed by atoms with Crippen molar-refractivity contribution in [1.29, 1.82) is 0 Å². The van der Waals surface area contributed by atoms with Crippen molar-refractivity contribution in [2.24, 2.45) is 0 Å². The average molecular weight is 443 g/mol. The summed E-state index contributed by atoms with van der Waals surface area (Å²) in [7, 11) is 4.71. The number of benzene rings is 2. The van der Waals surface area contributed by atoms with Crippen LogP contribution >= 0.6 is 0 Å². The first kappa shape index (κ1) is 23.2. The molecule has 0 saturated carbocycles. The van der Waals surface area contributed by atoms with Gasteiger partial charge in [0.1, 0.15) is 0 Å². The Balaban J connectivity index is 1.43. The summed E-state index contributed by atoms with van der Waals surface area (Å²) in [5, 5.41) is 3.07. The first-order chi connectivity index (χ1) is 15.5. The number of para-hydroxylation sites is 2. The molecule has 1 heterocycles. The van der Waals surface area contributed by atoms with E-state index in [9.17, 15) is 9.59 Å². The fraction of sp³-hybridized carbons (Fsp3) is 0.417. The highest BCUT2D eigenvalue weighted by molar-refractivity contribution is 5.79. The number of carbonyl (C=O) groups excluding carboxylic acids is 2. The number of carbonyl (C=O) groups is 2. The normalized spacial score (nSPS) is 13.9. The molecule has 0 atom stereocenters. The molecular formula is C24H30N2O6. The van der Waals surface area contributed by atoms with Crippen molar-refractivity contribution >= 4 is 11.8 Å². The Morgan fingerprint density at radius 2 is 1.53 bits per heavy atom. The van der Waals surface area contributed by atoms with Crippen molar-refractivity contribution in [3.05, 3.63) is 48.0 Å². The Bertz CT molecular complexity index is 924. The molecule has 2 amide bonds. The Morgan fingerprint density at radius 3 is 2.19 bits per heavy atom. The van der Waals surface area contributed by atoms with E-state index < -0.39 is 0 Å². The Kier molecular flexibility index (Phi) is 8.19. The first-order valence-corrected chi connectivity index (χ1v) is 10.6. The molecule has 0 bridgehead atoms. The number of hydrogen-bond acceptors (Lipinski definition) is 6. The second-order valence-corrected chi connectivity index (χ2v) is 7.53. The van der Waals surface area contributed by atoms with Gasteiger partial charge in [-0.25, -0.2) is 0 Å². The second-order valence-electron chi connectivity index (χ2n) is 7.53. The van der Waals surface area contributed by atoms with E-state index in [-0.39, 0.29) is 30.9 Å². The maximum Gasteiger partial charge on any atom is 0.260 e. The van der Waals surface area contributed by atoms with E-state index in [2.05, 4.69) is 5.32 Å². The average Bonchev–Trinajstić information content (AvgIpc) is 2.83. The van der Waals surface area contributed by atoms with Crippen LogP contribution < -0.4 is 24.3 Å². The van der Waals surface area contributed by atoms with Gasteiger partial charge in [-0.15, -0.1) is 0 Å². The van der Waals surface area contributed by atoms with Gasteiger partial charge in [0.2, 0.25) is 5.91 Å². The molecular weight excluding hydrogens is 412 g/mol. The molecule has 2 aromatic rings. The molecule has 0 radical (unpaired) electrons. The number of piperidine rings is 1. The largest absolute Gasteiger partial charge is 0.493 e. The summed E-state index contributed by atoms with van der Waals surface area (Å²) in [5.41, 5.74) is 0.848. The predicted octanol–water partition coefficient (Wildman–Crippen LogP) is 2.44. The smallest absolute Gasteiger partial charge is 0.260 e. The fourth-order valence-electron chi connectivity index (χ4n) is 3.70. The number of rotatable bonds is 9. The molecule has 172 valence electrons. The lowest BCUT2D eigenvalue weighted by atomic mass is 10.0. The lowest BCUT2D eigenvalue weighted by molar-refractivity contribution is -0.134. The van der Waals surface area contributed by atoms with E-state index in [0.717, 1.165) is 5.56 Å². The van der Waals surface area contributed by atoms with Crippen molar-refractivity contribution in [2.45, 2.75) is 25.3 Å². The van der Waals surface area contributed by atoms with Gasteiger partial charge in [-0.05, 0) is 42.7 Å². The quantitative estimate of drug-likeness (QED) is 0.642. The number of likely N-dealkylation sites (tertiary alicyclic amines) is 1. The number of nitrogens with zero attached hydrogens (tertiary/aromatic N) is 1. The van der Waals surface area contributed by atoms with Crippen LogP contribution in [-0.2, 0) is 16.0 Å². The Morgan fingerprint density at radius 1 is 0.906 bits per heavy atom. The van der Waals surface area contributed by atoms with Crippen LogP contribution in [-0.4, -0.2) is 63.8 Å². The highest BCUT2D eigenvalue weighted by Gasteiger charge is 2.24. The van der Waals surface area contributed by atoms with Crippen LogP contribution in [0, 0.1) is 0 Å². The van der Waals surface area contributed by atoms with Gasteiger partial charge in [-0.3, -0.25) is 9.59 Å². The predicted molar refractivity (Wildman–Crippen MR) is 119 cm³/mol. The van der Waals surface area contributed by atoms with Gasteiger partial charge < -0.3 is 29.2 Å². The molecule has 1 aliphatic heterocycles. The maximum atomic E-state index is 12.5. The minimum atomic E-state index is -0.0778. The lowest BCUT2D eigenvalue weighted by Crippen LogP contribution is -2.48. The fourth-order valence-corrected chi connectivity index (χ4v) is 3.70. The van der Waals surface area contributed by atoms with Gasteiger partial charge >= 0.3 is 0 Å². The Labute approximate surface area is 188 Å². The van der Waals surface area contributed by atoms with E-state index in [1.165, 1.54) is 0 Å². The topological polar surface area (TPSA) is 86.3 Å². The molecule has 8 nitrogen and oxygen atoms in total. The number of hydrogen-bond donors (Lipinski definition) is 1. The summed E-state index contributed by atoms with van der Waals surface area (Å²) < 4.78 is 21.4. The van der Waals surface area contributed by atoms with E-state index in [0.29, 0.717) is 48.9 Å². The molecule has 32 heavy (non-hydrogen) atoms. The van der Waals surface area contributed by atoms with Gasteiger partial charge in [0, 0.05) is 19.1 Å². The van der Waals surface area contributed by atoms with Crippen LogP contribution in [0.15, 0.2) is 42.5 Å². The molecule has 0 aromatic heterocycles. The van der Waals surface area contributed by atoms with E-state index in [1.807, 2.05) is 18.2 Å². The third-order valence-electron chi connectivity index (χ3n) is 5.45. The number of amides is 2. The molecule has 1 saturated heterocycles. The monoisotopic (exact) mass is 442 g/mol. The molecule has 2 aromatic carbocycles. The lowest BCUT2D eigenvalue weighted by Gasteiger charge is -2.32. The zero-order chi connectivity index (χ0) is 22.9. The van der Waals surface area contributed by atoms with Crippen LogP contribution in [0.25, 0.3) is 0 Å². The second kappa shape index (κ2) is 11.3. The molecule has 8 heteroatoms. The Hall–Kier alpha value is -3.42. The molecule has 1 N–H and O–H groups in total. The van der Waals surface area contributed by atoms with Gasteiger partial charge in [0.05, 0.1) is 27.8 Å². The van der Waals surface area contributed by atoms with Crippen molar-refractivity contribution < 1.29 is 28.5 Å². The van der Waals surface area contributed by atoms with Crippen molar-refractivity contribution in [3.63, 3.8) is 0 Å². The third kappa shape index (κ3) is 6.06. The summed E-state index contributed by atoms with van der Waals surface area (Å²) in [5.74, 6) is 2.23. The van der Waals surface area contributed by atoms with Gasteiger partial charge in [0.25, 0.3) is 5.91 Å². The van der Waals surface area contributed by atoms with Crippen molar-refractivity contribution in [2.75, 3.05) is 41.0 Å². The molecule has 0 spiro atoms. The van der Waals surface area contributed by atoms with E-state index in [1.54, 1.807) is 50.5 Å². The molecule has 3 rings (SSSR count). The van der Waals surface area contributed by atoms with Gasteiger partial charge in [-0.2, -0.15) is 0 Å². The van der Waals surface area contributed by atoms with Crippen molar-refractivity contribution in [1.82, 2.24) is 10.2 Å². The standard InChI is InChI=1S/C24H30N2O6/c1-29-19-6-4-5-7-21(19)32-16-24(28)26-12-10-18(11-13-26)25-23(27)15-17-8-9-20(30-2)22(14-17)31-3/h4-9,14,18H,10-13,15-16H2,1-3H3,(H,25,27). The summed E-state index contributed by atoms with van der Waals surface area (Å²) >= 11 is 0. The number of ether oxygens (including phenoxy) is 4. The zero-order valence-electron chi connectivity index (χ0n) is 18.8. The van der Waals surface area contributed by atoms with E-state index >= 15 is 0 Å². The molecule has 0 unspecified atom stereocenters. The van der Waals surface area contributed by atoms with Crippen LogP contribution in [0.1, 0.15) is 18.4 Å². The summed E-state index contributed by atoms with van der Waals surface area (Å²) in [6.45, 7) is 1.11. The zero-order valence-corrected chi connectivity index (χ0v) is 18.8. The highest BCUT2D eigenvalue weighted by atomic mass is 16.5. The molecule has 0 aliphatic carbocycles. The van der Waals surface area contributed by atoms with Crippen LogP contribution in [0.2, 0.25) is 0 Å². The minimum absolute atomic E-state index is 0.0434. The third-order valence-corrected chi connectivity index (χ3v) is 5.45. The van der Waals surface area contributed by atoms with E-state index in [4.69, 9.17) is 18.9 Å². The molecule has 1 aliphatic rings. The van der Waals surface area contributed by atoms with Crippen LogP contribution in [0.5, 0.6) is 23.0 Å². The SMILES string of the molecule is COc1ccc(CC(=O)NC2CCN(C(=O)COc3ccccc3OC)CC2)cc1OC.